The summed E-state index contributed by atoms with van der Waals surface area (Å²) < 4.78 is 0. The van der Waals surface area contributed by atoms with E-state index >= 15 is 0 Å². The summed E-state index contributed by atoms with van der Waals surface area (Å²) in [6.45, 7) is 5.82. The minimum atomic E-state index is 0.403. The third-order valence-corrected chi connectivity index (χ3v) is 2.00. The van der Waals surface area contributed by atoms with Gasteiger partial charge in [-0.1, -0.05) is 41.2 Å². The molecule has 0 bridgehead atoms. The molecule has 0 atom stereocenters. The molecule has 0 unspecified atom stereocenters. The van der Waals surface area contributed by atoms with E-state index in [2.05, 4.69) is 16.9 Å². The van der Waals surface area contributed by atoms with E-state index in [0.29, 0.717) is 6.61 Å². The van der Waals surface area contributed by atoms with Crippen molar-refractivity contribution in [2.45, 2.75) is 6.92 Å². The van der Waals surface area contributed by atoms with E-state index < -0.39 is 0 Å². The molecule has 0 radical (unpaired) electrons. The normalized spacial score (nSPS) is 11.5. The van der Waals surface area contributed by atoms with E-state index in [1.54, 1.807) is 12.3 Å². The van der Waals surface area contributed by atoms with Gasteiger partial charge in [-0.3, -0.25) is 0 Å². The monoisotopic (exact) mass is 232 g/mol. The zero-order valence-corrected chi connectivity index (χ0v) is 10.1. The molecule has 0 N–H and O–H groups in total. The quantitative estimate of drug-likeness (QED) is 0.327. The summed E-state index contributed by atoms with van der Waals surface area (Å²) in [4.78, 5) is 9.66. The third kappa shape index (κ3) is 4.51. The molecule has 1 rings (SSSR count). The van der Waals surface area contributed by atoms with Crippen molar-refractivity contribution in [2.24, 2.45) is 10.3 Å². The molecule has 1 aromatic carbocycles. The average molecular weight is 232 g/mol. The SMILES string of the molecule is C=CCO/N=C/c1cccc(/C(C)=N/OC)c1. The molecule has 17 heavy (non-hydrogen) atoms. The number of benzene rings is 1. The van der Waals surface area contributed by atoms with Crippen LogP contribution in [0.1, 0.15) is 18.1 Å². The van der Waals surface area contributed by atoms with Crippen molar-refractivity contribution in [1.29, 1.82) is 0 Å². The molecule has 4 nitrogen and oxygen atoms in total. The van der Waals surface area contributed by atoms with Gasteiger partial charge in [0.15, 0.2) is 0 Å². The Hall–Kier alpha value is -2.10. The van der Waals surface area contributed by atoms with E-state index in [0.717, 1.165) is 16.8 Å². The van der Waals surface area contributed by atoms with Crippen LogP contribution in [0.15, 0.2) is 47.2 Å². The van der Waals surface area contributed by atoms with Crippen molar-refractivity contribution in [3.8, 4) is 0 Å². The van der Waals surface area contributed by atoms with Gasteiger partial charge in [-0.25, -0.2) is 0 Å². The molecule has 90 valence electrons. The number of rotatable bonds is 6. The number of hydrogen-bond donors (Lipinski definition) is 0. The van der Waals surface area contributed by atoms with Gasteiger partial charge in [0.2, 0.25) is 0 Å². The van der Waals surface area contributed by atoms with Crippen molar-refractivity contribution in [3.05, 3.63) is 48.0 Å². The molecular weight excluding hydrogens is 216 g/mol. The molecular formula is C13H16N2O2. The lowest BCUT2D eigenvalue weighted by Gasteiger charge is -2.01. The van der Waals surface area contributed by atoms with Gasteiger partial charge in [-0.05, 0) is 24.1 Å². The highest BCUT2D eigenvalue weighted by atomic mass is 16.6. The van der Waals surface area contributed by atoms with Gasteiger partial charge < -0.3 is 9.68 Å². The number of hydrogen-bond acceptors (Lipinski definition) is 4. The fraction of sp³-hybridized carbons (Fsp3) is 0.231. The summed E-state index contributed by atoms with van der Waals surface area (Å²) in [6, 6.07) is 7.78. The van der Waals surface area contributed by atoms with Crippen LogP contribution in [0.3, 0.4) is 0 Å². The second-order valence-electron chi connectivity index (χ2n) is 3.30. The first-order chi connectivity index (χ1) is 8.27. The Balaban J connectivity index is 2.75. The van der Waals surface area contributed by atoms with Crippen LogP contribution < -0.4 is 0 Å². The maximum absolute atomic E-state index is 4.93. The topological polar surface area (TPSA) is 43.2 Å². The van der Waals surface area contributed by atoms with Crippen molar-refractivity contribution in [2.75, 3.05) is 13.7 Å². The molecule has 0 aliphatic rings. The standard InChI is InChI=1S/C13H16N2O2/c1-4-8-17-14-10-12-6-5-7-13(9-12)11(2)15-16-3/h4-7,9-10H,1,8H2,2-3H3/b14-10+,15-11+. The molecule has 0 aromatic heterocycles. The minimum absolute atomic E-state index is 0.403. The van der Waals surface area contributed by atoms with Gasteiger partial charge in [0.1, 0.15) is 13.7 Å². The van der Waals surface area contributed by atoms with Crippen molar-refractivity contribution < 1.29 is 9.68 Å². The van der Waals surface area contributed by atoms with Crippen LogP contribution in [0, 0.1) is 0 Å². The van der Waals surface area contributed by atoms with Gasteiger partial charge in [-0.15, -0.1) is 0 Å². The third-order valence-electron chi connectivity index (χ3n) is 2.00. The summed E-state index contributed by atoms with van der Waals surface area (Å²) in [5, 5.41) is 7.68. The molecule has 0 amide bonds. The lowest BCUT2D eigenvalue weighted by atomic mass is 10.1. The first kappa shape index (κ1) is 13.0. The maximum Gasteiger partial charge on any atom is 0.135 e. The average Bonchev–Trinajstić information content (AvgIpc) is 2.35. The van der Waals surface area contributed by atoms with Crippen LogP contribution >= 0.6 is 0 Å². The van der Waals surface area contributed by atoms with Gasteiger partial charge in [0.25, 0.3) is 0 Å². The minimum Gasteiger partial charge on any atom is -0.399 e. The summed E-state index contributed by atoms with van der Waals surface area (Å²) in [5.74, 6) is 0. The largest absolute Gasteiger partial charge is 0.399 e. The Morgan fingerprint density at radius 1 is 1.47 bits per heavy atom. The fourth-order valence-corrected chi connectivity index (χ4v) is 1.23. The Morgan fingerprint density at radius 2 is 2.29 bits per heavy atom. The van der Waals surface area contributed by atoms with Crippen LogP contribution in [0.2, 0.25) is 0 Å². The van der Waals surface area contributed by atoms with Crippen LogP contribution in [0.4, 0.5) is 0 Å². The van der Waals surface area contributed by atoms with Crippen LogP contribution in [-0.4, -0.2) is 25.6 Å². The molecule has 0 heterocycles. The highest BCUT2D eigenvalue weighted by Gasteiger charge is 1.98. The first-order valence-electron chi connectivity index (χ1n) is 5.22. The summed E-state index contributed by atoms with van der Waals surface area (Å²) in [5.41, 5.74) is 2.74. The second-order valence-corrected chi connectivity index (χ2v) is 3.30. The molecule has 1 aromatic rings. The number of oxime groups is 2. The van der Waals surface area contributed by atoms with Crippen LogP contribution in [-0.2, 0) is 9.68 Å². The first-order valence-corrected chi connectivity index (χ1v) is 5.22. The van der Waals surface area contributed by atoms with Crippen molar-refractivity contribution in [3.63, 3.8) is 0 Å². The summed E-state index contributed by atoms with van der Waals surface area (Å²) in [6.07, 6.45) is 3.29. The molecule has 0 spiro atoms. The van der Waals surface area contributed by atoms with E-state index in [9.17, 15) is 0 Å². The Morgan fingerprint density at radius 3 is 3.00 bits per heavy atom. The van der Waals surface area contributed by atoms with Gasteiger partial charge in [0.05, 0.1) is 11.9 Å². The van der Waals surface area contributed by atoms with Gasteiger partial charge in [0, 0.05) is 0 Å². The molecule has 0 aliphatic carbocycles. The van der Waals surface area contributed by atoms with Crippen molar-refractivity contribution >= 4 is 11.9 Å². The highest BCUT2D eigenvalue weighted by Crippen LogP contribution is 2.05. The Kier molecular flexibility index (Phi) is 5.51. The highest BCUT2D eigenvalue weighted by molar-refractivity contribution is 5.99. The predicted molar refractivity (Wildman–Crippen MR) is 69.4 cm³/mol. The van der Waals surface area contributed by atoms with E-state index in [1.165, 1.54) is 7.11 Å². The van der Waals surface area contributed by atoms with Crippen molar-refractivity contribution in [1.82, 2.24) is 0 Å². The van der Waals surface area contributed by atoms with Crippen LogP contribution in [0.25, 0.3) is 0 Å². The number of nitrogens with zero attached hydrogens (tertiary/aromatic N) is 2. The molecule has 0 saturated heterocycles. The summed E-state index contributed by atoms with van der Waals surface area (Å²) in [7, 11) is 1.53. The van der Waals surface area contributed by atoms with Gasteiger partial charge >= 0.3 is 0 Å². The molecule has 0 saturated carbocycles. The zero-order chi connectivity index (χ0) is 12.5. The predicted octanol–water partition coefficient (Wildman–Crippen LogP) is 2.59. The van der Waals surface area contributed by atoms with Crippen LogP contribution in [0.5, 0.6) is 0 Å². The molecule has 4 heteroatoms. The smallest absolute Gasteiger partial charge is 0.135 e. The Bertz CT molecular complexity index is 425. The van der Waals surface area contributed by atoms with E-state index in [4.69, 9.17) is 9.68 Å². The zero-order valence-electron chi connectivity index (χ0n) is 10.1. The second kappa shape index (κ2) is 7.22. The fourth-order valence-electron chi connectivity index (χ4n) is 1.23. The maximum atomic E-state index is 4.93. The molecule has 0 fully saturated rings. The lowest BCUT2D eigenvalue weighted by Crippen LogP contribution is -1.96. The Labute approximate surface area is 101 Å². The lowest BCUT2D eigenvalue weighted by molar-refractivity contribution is 0.176. The van der Waals surface area contributed by atoms with E-state index in [-0.39, 0.29) is 0 Å². The van der Waals surface area contributed by atoms with E-state index in [1.807, 2.05) is 31.2 Å². The van der Waals surface area contributed by atoms with Gasteiger partial charge in [-0.2, -0.15) is 0 Å². The molecule has 0 aliphatic heterocycles. The summed E-state index contributed by atoms with van der Waals surface area (Å²) >= 11 is 0.